The van der Waals surface area contributed by atoms with Crippen molar-refractivity contribution in [3.8, 4) is 11.5 Å². The number of nitrogens with one attached hydrogen (secondary N) is 1. The first kappa shape index (κ1) is 13.7. The molecule has 24 heavy (non-hydrogen) atoms. The van der Waals surface area contributed by atoms with Crippen LogP contribution in [0.1, 0.15) is 22.6 Å². The largest absolute Gasteiger partial charge is 0.457 e. The van der Waals surface area contributed by atoms with Gasteiger partial charge in [-0.3, -0.25) is 0 Å². The number of aromatic amines is 1. The normalized spacial score (nSPS) is 13.4. The van der Waals surface area contributed by atoms with Crippen LogP contribution < -0.4 is 4.74 Å². The molecule has 0 aliphatic carbocycles. The highest BCUT2D eigenvalue weighted by Gasteiger charge is 2.29. The van der Waals surface area contributed by atoms with Gasteiger partial charge in [-0.05, 0) is 29.8 Å². The van der Waals surface area contributed by atoms with Crippen molar-refractivity contribution in [2.45, 2.75) is 5.92 Å². The average Bonchev–Trinajstić information content (AvgIpc) is 3.02. The molecule has 0 radical (unpaired) electrons. The molecule has 4 aromatic rings. The third-order valence-corrected chi connectivity index (χ3v) is 4.90. The van der Waals surface area contributed by atoms with Crippen LogP contribution in [0, 0.1) is 0 Å². The van der Waals surface area contributed by atoms with Gasteiger partial charge in [0.15, 0.2) is 0 Å². The summed E-state index contributed by atoms with van der Waals surface area (Å²) in [6, 6.07) is 22.5. The van der Waals surface area contributed by atoms with Crippen LogP contribution in [-0.4, -0.2) is 4.98 Å². The quantitative estimate of drug-likeness (QED) is 0.394. The molecule has 0 fully saturated rings. The molecule has 0 saturated carbocycles. The lowest BCUT2D eigenvalue weighted by molar-refractivity contribution is 0.453. The van der Waals surface area contributed by atoms with Gasteiger partial charge in [-0.15, -0.1) is 0 Å². The molecule has 1 aromatic heterocycles. The van der Waals surface area contributed by atoms with Crippen LogP contribution in [0.3, 0.4) is 0 Å². The maximum Gasteiger partial charge on any atom is 0.131 e. The summed E-state index contributed by atoms with van der Waals surface area (Å²) in [4.78, 5) is 3.36. The number of hydrogen-bond acceptors (Lipinski definition) is 1. The van der Waals surface area contributed by atoms with Crippen LogP contribution in [0.15, 0.2) is 72.9 Å². The Kier molecular flexibility index (Phi) is 2.94. The molecule has 116 valence electrons. The van der Waals surface area contributed by atoms with Crippen molar-refractivity contribution in [2.24, 2.45) is 0 Å². The van der Waals surface area contributed by atoms with Gasteiger partial charge in [-0.1, -0.05) is 54.1 Å². The average molecular weight is 332 g/mol. The number of H-pyrrole nitrogens is 1. The number of para-hydroxylation sites is 2. The molecule has 0 unspecified atom stereocenters. The highest BCUT2D eigenvalue weighted by atomic mass is 35.5. The summed E-state index contributed by atoms with van der Waals surface area (Å²) >= 11 is 6.14. The van der Waals surface area contributed by atoms with Crippen molar-refractivity contribution in [3.05, 3.63) is 94.6 Å². The van der Waals surface area contributed by atoms with Crippen molar-refractivity contribution < 1.29 is 4.74 Å². The molecule has 0 amide bonds. The number of rotatable bonds is 1. The number of benzene rings is 3. The summed E-state index contributed by atoms with van der Waals surface area (Å²) in [5, 5.41) is 1.93. The number of fused-ring (bicyclic) bond motifs is 3. The third-order valence-electron chi connectivity index (χ3n) is 4.67. The van der Waals surface area contributed by atoms with Crippen molar-refractivity contribution in [1.82, 2.24) is 4.98 Å². The third kappa shape index (κ3) is 1.97. The standard InChI is InChI=1S/C21H14ClNO/c22-13-9-10-14-17(12-23-18(14)11-13)21-15-5-1-3-7-19(15)24-20-8-4-2-6-16(20)21/h1-12,21,23H. The Hall–Kier alpha value is -2.71. The van der Waals surface area contributed by atoms with E-state index in [1.165, 1.54) is 22.1 Å². The predicted octanol–water partition coefficient (Wildman–Crippen LogP) is 6.11. The van der Waals surface area contributed by atoms with E-state index in [4.69, 9.17) is 16.3 Å². The topological polar surface area (TPSA) is 25.0 Å². The van der Waals surface area contributed by atoms with Gasteiger partial charge < -0.3 is 9.72 Å². The fraction of sp³-hybridized carbons (Fsp3) is 0.0476. The van der Waals surface area contributed by atoms with Crippen LogP contribution in [0.25, 0.3) is 10.9 Å². The smallest absolute Gasteiger partial charge is 0.131 e. The minimum absolute atomic E-state index is 0.140. The first-order valence-corrected chi connectivity index (χ1v) is 8.31. The summed E-state index contributed by atoms with van der Waals surface area (Å²) < 4.78 is 6.11. The van der Waals surface area contributed by atoms with Crippen LogP contribution in [-0.2, 0) is 0 Å². The molecule has 0 saturated heterocycles. The lowest BCUT2D eigenvalue weighted by atomic mass is 9.82. The number of hydrogen-bond donors (Lipinski definition) is 1. The number of aromatic nitrogens is 1. The van der Waals surface area contributed by atoms with Crippen molar-refractivity contribution in [3.63, 3.8) is 0 Å². The van der Waals surface area contributed by atoms with Gasteiger partial charge in [0, 0.05) is 39.2 Å². The fourth-order valence-corrected chi connectivity index (χ4v) is 3.78. The number of ether oxygens (including phenoxy) is 1. The zero-order valence-corrected chi connectivity index (χ0v) is 13.5. The molecule has 2 heterocycles. The molecule has 1 aliphatic rings. The summed E-state index contributed by atoms with van der Waals surface area (Å²) in [5.74, 6) is 1.98. The second-order valence-corrected chi connectivity index (χ2v) is 6.48. The molecule has 0 bridgehead atoms. The minimum Gasteiger partial charge on any atom is -0.457 e. The second-order valence-electron chi connectivity index (χ2n) is 6.04. The molecular formula is C21H14ClNO. The Morgan fingerprint density at radius 3 is 2.17 bits per heavy atom. The molecule has 5 rings (SSSR count). The Labute approximate surface area is 144 Å². The van der Waals surface area contributed by atoms with Gasteiger partial charge in [-0.25, -0.2) is 0 Å². The Morgan fingerprint density at radius 1 is 0.792 bits per heavy atom. The van der Waals surface area contributed by atoms with Crippen LogP contribution in [0.2, 0.25) is 5.02 Å². The molecule has 1 N–H and O–H groups in total. The second kappa shape index (κ2) is 5.15. The van der Waals surface area contributed by atoms with Gasteiger partial charge in [0.05, 0.1) is 0 Å². The van der Waals surface area contributed by atoms with E-state index in [-0.39, 0.29) is 5.92 Å². The lowest BCUT2D eigenvalue weighted by Crippen LogP contribution is -2.11. The minimum atomic E-state index is 0.140. The molecule has 0 spiro atoms. The van der Waals surface area contributed by atoms with Crippen LogP contribution in [0.5, 0.6) is 11.5 Å². The molecular weight excluding hydrogens is 318 g/mol. The van der Waals surface area contributed by atoms with E-state index in [0.717, 1.165) is 22.0 Å². The molecule has 3 heteroatoms. The van der Waals surface area contributed by atoms with E-state index < -0.39 is 0 Å². The molecule has 0 atom stereocenters. The van der Waals surface area contributed by atoms with Gasteiger partial charge in [0.25, 0.3) is 0 Å². The SMILES string of the molecule is Clc1ccc2c(C3c4ccccc4Oc4ccccc43)c[nH]c2c1. The Bertz CT molecular complexity index is 1020. The van der Waals surface area contributed by atoms with Crippen molar-refractivity contribution in [2.75, 3.05) is 0 Å². The first-order chi connectivity index (χ1) is 11.8. The van der Waals surface area contributed by atoms with E-state index >= 15 is 0 Å². The van der Waals surface area contributed by atoms with Crippen LogP contribution in [0.4, 0.5) is 0 Å². The van der Waals surface area contributed by atoms with Crippen molar-refractivity contribution in [1.29, 1.82) is 0 Å². The predicted molar refractivity (Wildman–Crippen MR) is 97.2 cm³/mol. The zero-order chi connectivity index (χ0) is 16.1. The first-order valence-electron chi connectivity index (χ1n) is 7.93. The Morgan fingerprint density at radius 2 is 1.46 bits per heavy atom. The highest BCUT2D eigenvalue weighted by Crippen LogP contribution is 2.48. The van der Waals surface area contributed by atoms with E-state index in [1.54, 1.807) is 0 Å². The van der Waals surface area contributed by atoms with E-state index in [0.29, 0.717) is 0 Å². The maximum absolute atomic E-state index is 6.14. The van der Waals surface area contributed by atoms with Gasteiger partial charge in [0.2, 0.25) is 0 Å². The summed E-state index contributed by atoms with van der Waals surface area (Å²) in [6.45, 7) is 0. The van der Waals surface area contributed by atoms with E-state index in [1.807, 2.05) is 36.4 Å². The van der Waals surface area contributed by atoms with E-state index in [9.17, 15) is 0 Å². The van der Waals surface area contributed by atoms with Crippen LogP contribution >= 0.6 is 11.6 Å². The van der Waals surface area contributed by atoms with E-state index in [2.05, 4.69) is 41.5 Å². The fourth-order valence-electron chi connectivity index (χ4n) is 3.60. The van der Waals surface area contributed by atoms with Gasteiger partial charge in [0.1, 0.15) is 11.5 Å². The van der Waals surface area contributed by atoms with Crippen molar-refractivity contribution >= 4 is 22.5 Å². The maximum atomic E-state index is 6.14. The van der Waals surface area contributed by atoms with Gasteiger partial charge >= 0.3 is 0 Å². The molecule has 3 aromatic carbocycles. The highest BCUT2D eigenvalue weighted by molar-refractivity contribution is 6.31. The zero-order valence-electron chi connectivity index (χ0n) is 12.8. The molecule has 2 nitrogen and oxygen atoms in total. The van der Waals surface area contributed by atoms with Gasteiger partial charge in [-0.2, -0.15) is 0 Å². The molecule has 1 aliphatic heterocycles. The monoisotopic (exact) mass is 331 g/mol. The lowest BCUT2D eigenvalue weighted by Gasteiger charge is -2.28. The Balaban J connectivity index is 1.81. The summed E-state index contributed by atoms with van der Waals surface area (Å²) in [6.07, 6.45) is 2.09. The summed E-state index contributed by atoms with van der Waals surface area (Å²) in [7, 11) is 0. The number of halogens is 1. The summed E-state index contributed by atoms with van der Waals surface area (Å²) in [5.41, 5.74) is 4.67.